The third-order valence-corrected chi connectivity index (χ3v) is 9.00. The van der Waals surface area contributed by atoms with E-state index in [9.17, 15) is 14.4 Å². The Morgan fingerprint density at radius 3 is 2.59 bits per heavy atom. The van der Waals surface area contributed by atoms with Crippen LogP contribution in [0.25, 0.3) is 16.8 Å². The highest BCUT2D eigenvalue weighted by molar-refractivity contribution is 9.10. The van der Waals surface area contributed by atoms with Gasteiger partial charge in [0.1, 0.15) is 13.2 Å². The van der Waals surface area contributed by atoms with Crippen LogP contribution < -0.4 is 4.74 Å². The van der Waals surface area contributed by atoms with Gasteiger partial charge in [-0.2, -0.15) is 0 Å². The number of benzene rings is 4. The number of imide groups is 1. The number of nitrogens with zero attached hydrogens (tertiary/aromatic N) is 2. The second-order valence-electron chi connectivity index (χ2n) is 9.84. The average molecular weight is 648 g/mol. The van der Waals surface area contributed by atoms with Crippen molar-refractivity contribution in [3.05, 3.63) is 116 Å². The molecule has 206 valence electrons. The molecule has 0 bridgehead atoms. The summed E-state index contributed by atoms with van der Waals surface area (Å²) in [7, 11) is 0. The van der Waals surface area contributed by atoms with E-state index in [1.807, 2.05) is 42.5 Å². The largest absolute Gasteiger partial charge is 0.486 e. The summed E-state index contributed by atoms with van der Waals surface area (Å²) < 4.78 is 6.71. The lowest BCUT2D eigenvalue weighted by Gasteiger charge is -2.29. The van der Waals surface area contributed by atoms with Crippen LogP contribution in [-0.2, 0) is 29.2 Å². The summed E-state index contributed by atoms with van der Waals surface area (Å²) in [6.07, 6.45) is 2.36. The fraction of sp³-hybridized carbons (Fsp3) is 0.156. The van der Waals surface area contributed by atoms with E-state index in [1.54, 1.807) is 23.1 Å². The standard InChI is InChI=1S/C32H24BrClN2O4S/c33-26-14-20(15-27(34)30(26)40-19-24-10-5-9-22-7-3-4-11-25(22)24)16-28-31(38)36(32(39)41-28)18-29(37)35-13-12-21-6-1-2-8-23(21)17-35/h1-11,14-16H,12-13,17-19H2/b28-16-. The molecule has 0 N–H and O–H groups in total. The highest BCUT2D eigenvalue weighted by atomic mass is 79.9. The summed E-state index contributed by atoms with van der Waals surface area (Å²) in [4.78, 5) is 41.8. The van der Waals surface area contributed by atoms with Crippen molar-refractivity contribution < 1.29 is 19.1 Å². The van der Waals surface area contributed by atoms with Crippen molar-refractivity contribution >= 4 is 73.2 Å². The molecule has 0 aromatic heterocycles. The molecule has 9 heteroatoms. The first-order chi connectivity index (χ1) is 19.9. The Bertz CT molecular complexity index is 1710. The van der Waals surface area contributed by atoms with Gasteiger partial charge in [0, 0.05) is 13.1 Å². The number of fused-ring (bicyclic) bond motifs is 2. The van der Waals surface area contributed by atoms with Gasteiger partial charge in [-0.15, -0.1) is 0 Å². The Labute approximate surface area is 255 Å². The van der Waals surface area contributed by atoms with Crippen molar-refractivity contribution in [3.63, 3.8) is 0 Å². The van der Waals surface area contributed by atoms with Gasteiger partial charge in [-0.05, 0) is 85.3 Å². The molecule has 41 heavy (non-hydrogen) atoms. The lowest BCUT2D eigenvalue weighted by Crippen LogP contribution is -2.44. The van der Waals surface area contributed by atoms with E-state index in [-0.39, 0.29) is 17.4 Å². The third-order valence-electron chi connectivity index (χ3n) is 7.22. The maximum atomic E-state index is 13.1. The first-order valence-electron chi connectivity index (χ1n) is 13.1. The van der Waals surface area contributed by atoms with Crippen LogP contribution in [0.5, 0.6) is 5.75 Å². The molecule has 2 aliphatic rings. The fourth-order valence-electron chi connectivity index (χ4n) is 5.10. The SMILES string of the molecule is O=C(CN1C(=O)S/C(=C\c2cc(Cl)c(OCc3cccc4ccccc34)c(Br)c2)C1=O)N1CCc2ccccc2C1. The Morgan fingerprint density at radius 1 is 1.00 bits per heavy atom. The van der Waals surface area contributed by atoms with Gasteiger partial charge in [0.25, 0.3) is 11.1 Å². The number of thioether (sulfide) groups is 1. The maximum Gasteiger partial charge on any atom is 0.294 e. The molecule has 0 unspecified atom stereocenters. The lowest BCUT2D eigenvalue weighted by atomic mass is 10.00. The summed E-state index contributed by atoms with van der Waals surface area (Å²) in [5.41, 5.74) is 3.98. The minimum Gasteiger partial charge on any atom is -0.486 e. The van der Waals surface area contributed by atoms with E-state index in [2.05, 4.69) is 40.2 Å². The van der Waals surface area contributed by atoms with Crippen LogP contribution in [0.1, 0.15) is 22.3 Å². The Kier molecular flexibility index (Phi) is 7.88. The van der Waals surface area contributed by atoms with E-state index in [4.69, 9.17) is 16.3 Å². The number of halogens is 2. The van der Waals surface area contributed by atoms with Crippen LogP contribution in [0.4, 0.5) is 4.79 Å². The first-order valence-corrected chi connectivity index (χ1v) is 15.0. The molecule has 2 aliphatic heterocycles. The van der Waals surface area contributed by atoms with Gasteiger partial charge < -0.3 is 9.64 Å². The van der Waals surface area contributed by atoms with Gasteiger partial charge in [0.05, 0.1) is 14.4 Å². The summed E-state index contributed by atoms with van der Waals surface area (Å²) in [6, 6.07) is 25.6. The molecule has 3 amide bonds. The molecule has 0 aliphatic carbocycles. The van der Waals surface area contributed by atoms with Crippen LogP contribution >= 0.6 is 39.3 Å². The molecule has 0 spiro atoms. The zero-order valence-corrected chi connectivity index (χ0v) is 25.0. The number of amides is 3. The van der Waals surface area contributed by atoms with Crippen molar-refractivity contribution in [1.29, 1.82) is 0 Å². The lowest BCUT2D eigenvalue weighted by molar-refractivity contribution is -0.136. The number of hydrogen-bond donors (Lipinski definition) is 0. The quantitative estimate of drug-likeness (QED) is 0.203. The first kappa shape index (κ1) is 27.6. The number of rotatable bonds is 6. The van der Waals surface area contributed by atoms with Crippen LogP contribution in [0.15, 0.2) is 88.2 Å². The molecule has 0 saturated carbocycles. The maximum absolute atomic E-state index is 13.1. The monoisotopic (exact) mass is 646 g/mol. The zero-order valence-electron chi connectivity index (χ0n) is 21.8. The molecule has 0 atom stereocenters. The summed E-state index contributed by atoms with van der Waals surface area (Å²) in [5.74, 6) is -0.255. The Balaban J connectivity index is 1.14. The van der Waals surface area contributed by atoms with Crippen molar-refractivity contribution in [1.82, 2.24) is 9.80 Å². The van der Waals surface area contributed by atoms with E-state index >= 15 is 0 Å². The molecule has 4 aromatic carbocycles. The Morgan fingerprint density at radius 2 is 1.76 bits per heavy atom. The summed E-state index contributed by atoms with van der Waals surface area (Å²) >= 11 is 10.9. The average Bonchev–Trinajstić information content (AvgIpc) is 3.23. The Hall–Kier alpha value is -3.59. The molecule has 6 nitrogen and oxygen atoms in total. The summed E-state index contributed by atoms with van der Waals surface area (Å²) in [5, 5.41) is 2.14. The minimum atomic E-state index is -0.491. The fourth-order valence-corrected chi connectivity index (χ4v) is 6.93. The highest BCUT2D eigenvalue weighted by Crippen LogP contribution is 2.38. The third kappa shape index (κ3) is 5.77. The number of carbonyl (C=O) groups is 3. The predicted molar refractivity (Wildman–Crippen MR) is 166 cm³/mol. The summed E-state index contributed by atoms with van der Waals surface area (Å²) in [6.45, 7) is 1.08. The second kappa shape index (κ2) is 11.7. The van der Waals surface area contributed by atoms with Crippen LogP contribution in [0.2, 0.25) is 5.02 Å². The molecule has 6 rings (SSSR count). The topological polar surface area (TPSA) is 66.9 Å². The van der Waals surface area contributed by atoms with E-state index in [0.29, 0.717) is 40.5 Å². The van der Waals surface area contributed by atoms with Crippen molar-refractivity contribution in [2.24, 2.45) is 0 Å². The molecular weight excluding hydrogens is 624 g/mol. The number of hydrogen-bond acceptors (Lipinski definition) is 5. The number of ether oxygens (including phenoxy) is 1. The predicted octanol–water partition coefficient (Wildman–Crippen LogP) is 7.46. The van der Waals surface area contributed by atoms with Gasteiger partial charge in [-0.3, -0.25) is 19.3 Å². The second-order valence-corrected chi connectivity index (χ2v) is 12.1. The molecular formula is C32H24BrClN2O4S. The van der Waals surface area contributed by atoms with Crippen LogP contribution in [0, 0.1) is 0 Å². The number of carbonyl (C=O) groups excluding carboxylic acids is 3. The molecule has 4 aromatic rings. The molecule has 0 radical (unpaired) electrons. The van der Waals surface area contributed by atoms with Gasteiger partial charge in [0.15, 0.2) is 5.75 Å². The van der Waals surface area contributed by atoms with Gasteiger partial charge >= 0.3 is 0 Å². The van der Waals surface area contributed by atoms with Gasteiger partial charge in [-0.1, -0.05) is 78.3 Å². The van der Waals surface area contributed by atoms with Crippen molar-refractivity contribution in [2.45, 2.75) is 19.6 Å². The molecule has 2 heterocycles. The van der Waals surface area contributed by atoms with Crippen molar-refractivity contribution in [3.8, 4) is 5.75 Å². The van der Waals surface area contributed by atoms with Gasteiger partial charge in [0.2, 0.25) is 5.91 Å². The minimum absolute atomic E-state index is 0.235. The van der Waals surface area contributed by atoms with E-state index in [1.165, 1.54) is 5.56 Å². The van der Waals surface area contributed by atoms with E-state index in [0.717, 1.165) is 45.0 Å². The highest BCUT2D eigenvalue weighted by Gasteiger charge is 2.37. The normalized spacial score (nSPS) is 16.0. The smallest absolute Gasteiger partial charge is 0.294 e. The van der Waals surface area contributed by atoms with Gasteiger partial charge in [-0.25, -0.2) is 0 Å². The van der Waals surface area contributed by atoms with Crippen LogP contribution in [0.3, 0.4) is 0 Å². The zero-order chi connectivity index (χ0) is 28.5. The van der Waals surface area contributed by atoms with E-state index < -0.39 is 11.1 Å². The molecule has 1 fully saturated rings. The molecule has 1 saturated heterocycles. The van der Waals surface area contributed by atoms with Crippen molar-refractivity contribution in [2.75, 3.05) is 13.1 Å². The van der Waals surface area contributed by atoms with Crippen LogP contribution in [-0.4, -0.2) is 39.9 Å².